The van der Waals surface area contributed by atoms with E-state index < -0.39 is 5.60 Å². The normalized spacial score (nSPS) is 19.5. The zero-order chi connectivity index (χ0) is 26.6. The molecule has 5 nitrogen and oxygen atoms in total. The summed E-state index contributed by atoms with van der Waals surface area (Å²) in [6.07, 6.45) is 6.30. The number of anilines is 3. The minimum atomic E-state index is -1.08. The fourth-order valence-electron chi connectivity index (χ4n) is 6.52. The Kier molecular flexibility index (Phi) is 5.62. The van der Waals surface area contributed by atoms with Gasteiger partial charge in [-0.1, -0.05) is 55.7 Å². The van der Waals surface area contributed by atoms with E-state index in [1.54, 1.807) is 0 Å². The number of aryl methyl sites for hydroxylation is 1. The van der Waals surface area contributed by atoms with Crippen LogP contribution in [0.25, 0.3) is 0 Å². The summed E-state index contributed by atoms with van der Waals surface area (Å²) in [6, 6.07) is 28.8. The van der Waals surface area contributed by atoms with Crippen molar-refractivity contribution in [1.82, 2.24) is 0 Å². The number of hydrogen-bond donors (Lipinski definition) is 1. The number of carbonyl (C=O) groups excluding carboxylic acids is 1. The molecule has 1 atom stereocenters. The van der Waals surface area contributed by atoms with E-state index in [4.69, 9.17) is 9.47 Å². The highest BCUT2D eigenvalue weighted by molar-refractivity contribution is 5.97. The Morgan fingerprint density at radius 1 is 0.821 bits per heavy atom. The number of rotatable bonds is 4. The van der Waals surface area contributed by atoms with Crippen LogP contribution in [0.4, 0.5) is 17.1 Å². The lowest BCUT2D eigenvalue weighted by Gasteiger charge is -2.38. The van der Waals surface area contributed by atoms with Gasteiger partial charge in [0.2, 0.25) is 0 Å². The SMILES string of the molecule is Cc1cc2c(cc1Nc1ccccc1)C1(OC(=O)c3ccccc31)c1ccc(N(C)C3CCCCC3)cc1O2. The maximum Gasteiger partial charge on any atom is 0.340 e. The summed E-state index contributed by atoms with van der Waals surface area (Å²) in [7, 11) is 2.18. The fourth-order valence-corrected chi connectivity index (χ4v) is 6.52. The van der Waals surface area contributed by atoms with Gasteiger partial charge in [-0.2, -0.15) is 0 Å². The van der Waals surface area contributed by atoms with Crippen LogP contribution in [0.5, 0.6) is 11.5 Å². The number of nitrogens with zero attached hydrogens (tertiary/aromatic N) is 1. The van der Waals surface area contributed by atoms with E-state index >= 15 is 0 Å². The van der Waals surface area contributed by atoms with Crippen molar-refractivity contribution < 1.29 is 14.3 Å². The fraction of sp³-hybridized carbons (Fsp3) is 0.265. The molecule has 1 N–H and O–H groups in total. The van der Waals surface area contributed by atoms with Crippen molar-refractivity contribution in [3.8, 4) is 11.5 Å². The number of benzene rings is 4. The number of esters is 1. The third-order valence-corrected chi connectivity index (χ3v) is 8.62. The first-order valence-corrected chi connectivity index (χ1v) is 13.9. The molecule has 2 aliphatic heterocycles. The Labute approximate surface area is 229 Å². The molecule has 1 saturated carbocycles. The van der Waals surface area contributed by atoms with Crippen molar-refractivity contribution in [3.63, 3.8) is 0 Å². The largest absolute Gasteiger partial charge is 0.456 e. The third kappa shape index (κ3) is 3.79. The number of ether oxygens (including phenoxy) is 2. The standard InChI is InChI=1S/C34H32N2O3/c1-22-19-31-29(21-30(22)35-23-11-5-3-6-12-23)34(27-16-10-9-15-26(27)33(37)39-34)28-18-17-25(20-32(28)38-31)36(2)24-13-7-4-8-14-24/h3,5-6,9-12,15-21,24,35H,4,7-8,13-14H2,1-2H3. The number of fused-ring (bicyclic) bond motifs is 6. The van der Waals surface area contributed by atoms with E-state index in [1.165, 1.54) is 32.1 Å². The average Bonchev–Trinajstić information content (AvgIpc) is 3.27. The van der Waals surface area contributed by atoms with Gasteiger partial charge >= 0.3 is 5.97 Å². The van der Waals surface area contributed by atoms with Gasteiger partial charge in [0, 0.05) is 52.9 Å². The summed E-state index contributed by atoms with van der Waals surface area (Å²) < 4.78 is 13.0. The van der Waals surface area contributed by atoms with Gasteiger partial charge in [-0.05, 0) is 67.8 Å². The van der Waals surface area contributed by atoms with Gasteiger partial charge in [0.1, 0.15) is 11.5 Å². The van der Waals surface area contributed by atoms with Crippen molar-refractivity contribution in [1.29, 1.82) is 0 Å². The van der Waals surface area contributed by atoms with E-state index in [0.717, 1.165) is 45.1 Å². The summed E-state index contributed by atoms with van der Waals surface area (Å²) in [4.78, 5) is 15.7. The second-order valence-corrected chi connectivity index (χ2v) is 11.0. The topological polar surface area (TPSA) is 50.8 Å². The molecular formula is C34H32N2O3. The molecule has 1 unspecified atom stereocenters. The first kappa shape index (κ1) is 23.8. The third-order valence-electron chi connectivity index (χ3n) is 8.62. The highest BCUT2D eigenvalue weighted by Crippen LogP contribution is 2.57. The Morgan fingerprint density at radius 2 is 1.56 bits per heavy atom. The van der Waals surface area contributed by atoms with Gasteiger partial charge in [-0.3, -0.25) is 0 Å². The molecule has 0 aromatic heterocycles. The van der Waals surface area contributed by atoms with Crippen molar-refractivity contribution in [3.05, 3.63) is 113 Å². The Balaban J connectivity index is 1.39. The van der Waals surface area contributed by atoms with Crippen LogP contribution in [0.3, 0.4) is 0 Å². The van der Waals surface area contributed by atoms with Crippen LogP contribution in [-0.4, -0.2) is 19.1 Å². The molecule has 0 radical (unpaired) electrons. The molecule has 196 valence electrons. The van der Waals surface area contributed by atoms with Crippen LogP contribution in [0.1, 0.15) is 64.7 Å². The van der Waals surface area contributed by atoms with Crippen molar-refractivity contribution in [2.75, 3.05) is 17.3 Å². The Morgan fingerprint density at radius 3 is 2.38 bits per heavy atom. The minimum absolute atomic E-state index is 0.314. The van der Waals surface area contributed by atoms with E-state index in [-0.39, 0.29) is 5.97 Å². The molecule has 4 aromatic rings. The molecule has 7 rings (SSSR count). The lowest BCUT2D eigenvalue weighted by molar-refractivity contribution is 0.0224. The Hall–Kier alpha value is -4.25. The van der Waals surface area contributed by atoms with Crippen LogP contribution < -0.4 is 15.0 Å². The predicted molar refractivity (Wildman–Crippen MR) is 154 cm³/mol. The molecule has 5 heteroatoms. The van der Waals surface area contributed by atoms with E-state index in [0.29, 0.717) is 17.4 Å². The minimum Gasteiger partial charge on any atom is -0.456 e. The molecule has 2 heterocycles. The first-order valence-electron chi connectivity index (χ1n) is 13.9. The number of carbonyl (C=O) groups is 1. The number of nitrogens with one attached hydrogen (secondary N) is 1. The maximum atomic E-state index is 13.3. The molecule has 4 aromatic carbocycles. The van der Waals surface area contributed by atoms with E-state index in [1.807, 2.05) is 54.6 Å². The van der Waals surface area contributed by atoms with Crippen LogP contribution in [-0.2, 0) is 10.3 Å². The monoisotopic (exact) mass is 516 g/mol. The Bertz CT molecular complexity index is 1580. The summed E-state index contributed by atoms with van der Waals surface area (Å²) in [6.45, 7) is 2.07. The van der Waals surface area contributed by atoms with E-state index in [9.17, 15) is 4.79 Å². The van der Waals surface area contributed by atoms with Gasteiger partial charge < -0.3 is 19.7 Å². The second-order valence-electron chi connectivity index (χ2n) is 11.0. The summed E-state index contributed by atoms with van der Waals surface area (Å²) in [5, 5.41) is 3.55. The average molecular weight is 517 g/mol. The molecular weight excluding hydrogens is 484 g/mol. The van der Waals surface area contributed by atoms with Crippen LogP contribution >= 0.6 is 0 Å². The zero-order valence-corrected chi connectivity index (χ0v) is 22.4. The van der Waals surface area contributed by atoms with Gasteiger partial charge in [-0.25, -0.2) is 4.79 Å². The van der Waals surface area contributed by atoms with Crippen LogP contribution in [0.15, 0.2) is 84.9 Å². The smallest absolute Gasteiger partial charge is 0.340 e. The quantitative estimate of drug-likeness (QED) is 0.278. The van der Waals surface area contributed by atoms with Gasteiger partial charge in [-0.15, -0.1) is 0 Å². The van der Waals surface area contributed by atoms with Gasteiger partial charge in [0.15, 0.2) is 5.60 Å². The summed E-state index contributed by atoms with van der Waals surface area (Å²) in [5.74, 6) is 1.13. The predicted octanol–water partition coefficient (Wildman–Crippen LogP) is 8.08. The van der Waals surface area contributed by atoms with Crippen molar-refractivity contribution in [2.24, 2.45) is 0 Å². The molecule has 0 bridgehead atoms. The summed E-state index contributed by atoms with van der Waals surface area (Å²) in [5.41, 5.74) is 6.14. The van der Waals surface area contributed by atoms with Crippen molar-refractivity contribution in [2.45, 2.75) is 50.7 Å². The molecule has 3 aliphatic rings. The highest BCUT2D eigenvalue weighted by Gasteiger charge is 2.53. The van der Waals surface area contributed by atoms with Crippen LogP contribution in [0.2, 0.25) is 0 Å². The molecule has 1 fully saturated rings. The molecule has 0 amide bonds. The van der Waals surface area contributed by atoms with Gasteiger partial charge in [0.05, 0.1) is 5.56 Å². The lowest BCUT2D eigenvalue weighted by Crippen LogP contribution is -2.35. The lowest BCUT2D eigenvalue weighted by atomic mass is 9.77. The van der Waals surface area contributed by atoms with E-state index in [2.05, 4.69) is 54.5 Å². The molecule has 39 heavy (non-hydrogen) atoms. The van der Waals surface area contributed by atoms with Crippen LogP contribution in [0, 0.1) is 6.92 Å². The van der Waals surface area contributed by atoms with Gasteiger partial charge in [0.25, 0.3) is 0 Å². The number of hydrogen-bond acceptors (Lipinski definition) is 5. The molecule has 1 aliphatic carbocycles. The summed E-state index contributed by atoms with van der Waals surface area (Å²) >= 11 is 0. The zero-order valence-electron chi connectivity index (χ0n) is 22.4. The molecule has 1 spiro atoms. The first-order chi connectivity index (χ1) is 19.0. The maximum absolute atomic E-state index is 13.3. The second kappa shape index (κ2) is 9.19. The van der Waals surface area contributed by atoms with Crippen molar-refractivity contribution >= 4 is 23.0 Å². The number of para-hydroxylation sites is 1. The highest BCUT2D eigenvalue weighted by atomic mass is 16.6. The molecule has 0 saturated heterocycles.